The second-order valence-corrected chi connectivity index (χ2v) is 4.75. The molecule has 0 radical (unpaired) electrons. The molecule has 0 spiro atoms. The highest BCUT2D eigenvalue weighted by molar-refractivity contribution is 5.98. The second kappa shape index (κ2) is 7.09. The van der Waals surface area contributed by atoms with Gasteiger partial charge in [-0.2, -0.15) is 0 Å². The lowest BCUT2D eigenvalue weighted by Crippen LogP contribution is -2.41. The first-order valence-corrected chi connectivity index (χ1v) is 6.53. The van der Waals surface area contributed by atoms with Gasteiger partial charge in [0.1, 0.15) is 12.2 Å². The number of benzene rings is 1. The maximum Gasteiger partial charge on any atom is 0.256 e. The first-order valence-electron chi connectivity index (χ1n) is 6.53. The summed E-state index contributed by atoms with van der Waals surface area (Å²) in [5, 5.41) is 11.6. The van der Waals surface area contributed by atoms with Gasteiger partial charge in [-0.1, -0.05) is 24.8 Å². The molecule has 4 nitrogen and oxygen atoms in total. The zero-order valence-electron chi connectivity index (χ0n) is 12.4. The van der Waals surface area contributed by atoms with Crippen LogP contribution in [0.25, 0.3) is 0 Å². The molecule has 1 amide bonds. The summed E-state index contributed by atoms with van der Waals surface area (Å²) in [7, 11) is 1.52. The fraction of sp³-hybridized carbons (Fsp3) is 0.438. The summed E-state index contributed by atoms with van der Waals surface area (Å²) in [6.45, 7) is 5.36. The van der Waals surface area contributed by atoms with Gasteiger partial charge in [0.15, 0.2) is 0 Å². The predicted molar refractivity (Wildman–Crippen MR) is 79.5 cm³/mol. The Hall–Kier alpha value is -1.83. The topological polar surface area (TPSA) is 58.6 Å². The van der Waals surface area contributed by atoms with Crippen molar-refractivity contribution in [2.75, 3.05) is 19.0 Å². The Morgan fingerprint density at radius 3 is 2.75 bits per heavy atom. The molecule has 0 heterocycles. The largest absolute Gasteiger partial charge is 0.384 e. The van der Waals surface area contributed by atoms with E-state index in [1.54, 1.807) is 6.92 Å². The normalized spacial score (nSPS) is 13.1. The molecule has 0 fully saturated rings. The maximum absolute atomic E-state index is 12.3. The first kappa shape index (κ1) is 16.2. The molecule has 0 saturated carbocycles. The van der Waals surface area contributed by atoms with Gasteiger partial charge in [0.2, 0.25) is 0 Å². The van der Waals surface area contributed by atoms with E-state index >= 15 is 0 Å². The standard InChI is InChI=1S/C16H21NO3/c1-5-16(3,20-4)15(19)17-14-11-12(2)8-9-13(14)7-6-10-18/h8-9,11,18H,5,10H2,1-4H3,(H,17,19). The smallest absolute Gasteiger partial charge is 0.256 e. The molecule has 1 rings (SSSR count). The fourth-order valence-corrected chi connectivity index (χ4v) is 1.66. The van der Waals surface area contributed by atoms with Crippen LogP contribution in [0.2, 0.25) is 0 Å². The van der Waals surface area contributed by atoms with Crippen LogP contribution in [-0.2, 0) is 9.53 Å². The molecule has 0 aliphatic carbocycles. The molecule has 0 aliphatic rings. The number of hydrogen-bond donors (Lipinski definition) is 2. The minimum absolute atomic E-state index is 0.208. The van der Waals surface area contributed by atoms with Gasteiger partial charge >= 0.3 is 0 Å². The van der Waals surface area contributed by atoms with Crippen LogP contribution in [0.4, 0.5) is 5.69 Å². The van der Waals surface area contributed by atoms with Gasteiger partial charge in [-0.25, -0.2) is 0 Å². The molecular weight excluding hydrogens is 254 g/mol. The predicted octanol–water partition coefficient (Wildman–Crippen LogP) is 2.09. The van der Waals surface area contributed by atoms with Gasteiger partial charge in [-0.3, -0.25) is 4.79 Å². The summed E-state index contributed by atoms with van der Waals surface area (Å²) in [6.07, 6.45) is 0.568. The summed E-state index contributed by atoms with van der Waals surface area (Å²) in [4.78, 5) is 12.3. The third-order valence-corrected chi connectivity index (χ3v) is 3.33. The number of aliphatic hydroxyl groups excluding tert-OH is 1. The average Bonchev–Trinajstić information content (AvgIpc) is 2.45. The van der Waals surface area contributed by atoms with Crippen molar-refractivity contribution in [3.63, 3.8) is 0 Å². The number of ether oxygens (including phenoxy) is 1. The SMILES string of the molecule is CCC(C)(OC)C(=O)Nc1cc(C)ccc1C#CCO. The van der Waals surface area contributed by atoms with E-state index in [9.17, 15) is 4.79 Å². The van der Waals surface area contributed by atoms with Crippen LogP contribution in [0.5, 0.6) is 0 Å². The summed E-state index contributed by atoms with van der Waals surface area (Å²) in [6, 6.07) is 5.58. The molecule has 20 heavy (non-hydrogen) atoms. The lowest BCUT2D eigenvalue weighted by atomic mass is 10.0. The van der Waals surface area contributed by atoms with Crippen LogP contribution < -0.4 is 5.32 Å². The Morgan fingerprint density at radius 2 is 2.20 bits per heavy atom. The van der Waals surface area contributed by atoms with E-state index in [4.69, 9.17) is 9.84 Å². The minimum atomic E-state index is -0.870. The number of nitrogens with one attached hydrogen (secondary N) is 1. The van der Waals surface area contributed by atoms with E-state index in [-0.39, 0.29) is 12.5 Å². The Labute approximate surface area is 120 Å². The van der Waals surface area contributed by atoms with Crippen molar-refractivity contribution in [3.8, 4) is 11.8 Å². The van der Waals surface area contributed by atoms with Crippen molar-refractivity contribution in [2.24, 2.45) is 0 Å². The van der Waals surface area contributed by atoms with Crippen molar-refractivity contribution in [1.82, 2.24) is 0 Å². The van der Waals surface area contributed by atoms with Crippen molar-refractivity contribution in [2.45, 2.75) is 32.8 Å². The Kier molecular flexibility index (Phi) is 5.75. The van der Waals surface area contributed by atoms with E-state index in [2.05, 4.69) is 17.2 Å². The summed E-state index contributed by atoms with van der Waals surface area (Å²) >= 11 is 0. The summed E-state index contributed by atoms with van der Waals surface area (Å²) in [5.74, 6) is 5.21. The zero-order valence-corrected chi connectivity index (χ0v) is 12.4. The van der Waals surface area contributed by atoms with Crippen LogP contribution in [0.15, 0.2) is 18.2 Å². The molecule has 1 aromatic carbocycles. The monoisotopic (exact) mass is 275 g/mol. The highest BCUT2D eigenvalue weighted by Gasteiger charge is 2.31. The van der Waals surface area contributed by atoms with Gasteiger partial charge < -0.3 is 15.2 Å². The number of carbonyl (C=O) groups excluding carboxylic acids is 1. The molecule has 0 aromatic heterocycles. The first-order chi connectivity index (χ1) is 9.46. The number of hydrogen-bond acceptors (Lipinski definition) is 3. The van der Waals surface area contributed by atoms with Gasteiger partial charge in [0.25, 0.3) is 5.91 Å². The van der Waals surface area contributed by atoms with E-state index in [1.165, 1.54) is 7.11 Å². The molecule has 1 aromatic rings. The summed E-state index contributed by atoms with van der Waals surface area (Å²) in [5.41, 5.74) is 1.46. The summed E-state index contributed by atoms with van der Waals surface area (Å²) < 4.78 is 5.28. The van der Waals surface area contributed by atoms with Crippen LogP contribution in [0.1, 0.15) is 31.4 Å². The van der Waals surface area contributed by atoms with Gasteiger partial charge in [-0.05, 0) is 38.0 Å². The molecule has 0 saturated heterocycles. The fourth-order valence-electron chi connectivity index (χ4n) is 1.66. The zero-order chi connectivity index (χ0) is 15.2. The molecule has 2 N–H and O–H groups in total. The molecule has 1 atom stereocenters. The van der Waals surface area contributed by atoms with Crippen molar-refractivity contribution in [1.29, 1.82) is 0 Å². The van der Waals surface area contributed by atoms with Gasteiger partial charge in [-0.15, -0.1) is 0 Å². The Bertz CT molecular complexity index is 536. The van der Waals surface area contributed by atoms with Gasteiger partial charge in [0.05, 0.1) is 5.69 Å². The van der Waals surface area contributed by atoms with Crippen LogP contribution >= 0.6 is 0 Å². The Balaban J connectivity index is 3.07. The molecule has 0 aliphatic heterocycles. The molecule has 1 unspecified atom stereocenters. The minimum Gasteiger partial charge on any atom is -0.384 e. The van der Waals surface area contributed by atoms with Crippen LogP contribution in [-0.4, -0.2) is 30.3 Å². The van der Waals surface area contributed by atoms with E-state index < -0.39 is 5.60 Å². The van der Waals surface area contributed by atoms with Gasteiger partial charge in [0, 0.05) is 12.7 Å². The number of rotatable bonds is 4. The van der Waals surface area contributed by atoms with E-state index in [1.807, 2.05) is 32.0 Å². The molecule has 0 bridgehead atoms. The van der Waals surface area contributed by atoms with E-state index in [0.717, 1.165) is 5.56 Å². The number of amides is 1. The lowest BCUT2D eigenvalue weighted by molar-refractivity contribution is -0.136. The number of anilines is 1. The number of aryl methyl sites for hydroxylation is 1. The van der Waals surface area contributed by atoms with Crippen LogP contribution in [0, 0.1) is 18.8 Å². The second-order valence-electron chi connectivity index (χ2n) is 4.75. The van der Waals surface area contributed by atoms with E-state index in [0.29, 0.717) is 17.7 Å². The number of carbonyl (C=O) groups is 1. The Morgan fingerprint density at radius 1 is 1.50 bits per heavy atom. The quantitative estimate of drug-likeness (QED) is 0.827. The number of methoxy groups -OCH3 is 1. The molecule has 108 valence electrons. The highest BCUT2D eigenvalue weighted by atomic mass is 16.5. The third-order valence-electron chi connectivity index (χ3n) is 3.33. The number of aliphatic hydroxyl groups is 1. The van der Waals surface area contributed by atoms with Crippen molar-refractivity contribution in [3.05, 3.63) is 29.3 Å². The van der Waals surface area contributed by atoms with Crippen LogP contribution in [0.3, 0.4) is 0 Å². The highest BCUT2D eigenvalue weighted by Crippen LogP contribution is 2.21. The maximum atomic E-state index is 12.3. The molecular formula is C16H21NO3. The third kappa shape index (κ3) is 3.83. The van der Waals surface area contributed by atoms with Crippen molar-refractivity contribution >= 4 is 11.6 Å². The lowest BCUT2D eigenvalue weighted by Gasteiger charge is -2.25. The average molecular weight is 275 g/mol. The molecule has 4 heteroatoms. The van der Waals surface area contributed by atoms with Crippen molar-refractivity contribution < 1.29 is 14.6 Å².